The zero-order valence-electron chi connectivity index (χ0n) is 9.14. The van der Waals surface area contributed by atoms with Crippen LogP contribution in [0.3, 0.4) is 0 Å². The van der Waals surface area contributed by atoms with E-state index in [9.17, 15) is 13.2 Å². The van der Waals surface area contributed by atoms with Gasteiger partial charge in [-0.1, -0.05) is 39.7 Å². The number of alkyl halides is 4. The summed E-state index contributed by atoms with van der Waals surface area (Å²) >= 11 is 14.1. The van der Waals surface area contributed by atoms with E-state index in [1.165, 1.54) is 23.5 Å². The lowest BCUT2D eigenvalue weighted by atomic mass is 10.1. The summed E-state index contributed by atoms with van der Waals surface area (Å²) in [6, 6.07) is 6.93. The number of benzene rings is 1. The summed E-state index contributed by atoms with van der Waals surface area (Å²) in [6.07, 6.45) is -4.31. The van der Waals surface area contributed by atoms with Gasteiger partial charge in [-0.05, 0) is 39.7 Å². The molecule has 1 aromatic heterocycles. The summed E-state index contributed by atoms with van der Waals surface area (Å²) in [6.45, 7) is 0. The second-order valence-electron chi connectivity index (χ2n) is 3.75. The monoisotopic (exact) mass is 432 g/mol. The average Bonchev–Trinajstić information content (AvgIpc) is 2.68. The second kappa shape index (κ2) is 5.76. The largest absolute Gasteiger partial charge is 0.416 e. The molecule has 0 nitrogen and oxygen atoms in total. The van der Waals surface area contributed by atoms with Crippen LogP contribution in [0.4, 0.5) is 13.2 Å². The lowest BCUT2D eigenvalue weighted by Gasteiger charge is -2.10. The summed E-state index contributed by atoms with van der Waals surface area (Å²) in [4.78, 5) is 0.750. The Morgan fingerprint density at radius 1 is 1.16 bits per heavy atom. The minimum Gasteiger partial charge on any atom is -0.166 e. The van der Waals surface area contributed by atoms with Crippen molar-refractivity contribution >= 4 is 54.8 Å². The van der Waals surface area contributed by atoms with Crippen molar-refractivity contribution in [1.29, 1.82) is 0 Å². The molecule has 0 bridgehead atoms. The van der Waals surface area contributed by atoms with Gasteiger partial charge < -0.3 is 0 Å². The molecule has 0 radical (unpaired) electrons. The van der Waals surface area contributed by atoms with Crippen LogP contribution in [0.2, 0.25) is 4.34 Å². The van der Waals surface area contributed by atoms with E-state index in [1.54, 1.807) is 0 Å². The van der Waals surface area contributed by atoms with Crippen molar-refractivity contribution < 1.29 is 13.2 Å². The lowest BCUT2D eigenvalue weighted by Crippen LogP contribution is -2.04. The molecule has 0 saturated carbocycles. The summed E-state index contributed by atoms with van der Waals surface area (Å²) in [5, 5.41) is 0. The highest BCUT2D eigenvalue weighted by Crippen LogP contribution is 2.41. The summed E-state index contributed by atoms with van der Waals surface area (Å²) in [5.74, 6) is 0. The van der Waals surface area contributed by atoms with Gasteiger partial charge in [0.25, 0.3) is 0 Å². The molecule has 1 atom stereocenters. The van der Waals surface area contributed by atoms with Crippen molar-refractivity contribution in [3.8, 4) is 0 Å². The maximum absolute atomic E-state index is 12.5. The molecule has 1 heterocycles. The summed E-state index contributed by atoms with van der Waals surface area (Å²) in [5.41, 5.74) is 0.0970. The number of rotatable bonds is 2. The van der Waals surface area contributed by atoms with Crippen LogP contribution in [0.5, 0.6) is 0 Å². The molecule has 0 aliphatic carbocycles. The van der Waals surface area contributed by atoms with Gasteiger partial charge in [-0.25, -0.2) is 0 Å². The first-order chi connectivity index (χ1) is 8.79. The van der Waals surface area contributed by atoms with Crippen molar-refractivity contribution in [3.63, 3.8) is 0 Å². The fourth-order valence-corrected chi connectivity index (χ4v) is 3.95. The van der Waals surface area contributed by atoms with Gasteiger partial charge in [0.2, 0.25) is 0 Å². The highest BCUT2D eigenvalue weighted by atomic mass is 79.9. The molecule has 102 valence electrons. The molecule has 19 heavy (non-hydrogen) atoms. The van der Waals surface area contributed by atoms with Crippen LogP contribution in [0.1, 0.15) is 20.8 Å². The number of hydrogen-bond donors (Lipinski definition) is 0. The SMILES string of the molecule is FC(F)(F)c1ccc(C(Br)c2cc(Br)c(Cl)s2)cc1. The fourth-order valence-electron chi connectivity index (χ4n) is 1.49. The highest BCUT2D eigenvalue weighted by Gasteiger charge is 2.30. The summed E-state index contributed by atoms with van der Waals surface area (Å²) < 4.78 is 38.8. The number of halogens is 6. The first-order valence-corrected chi connectivity index (χ1v) is 7.95. The van der Waals surface area contributed by atoms with Gasteiger partial charge in [0.1, 0.15) is 4.34 Å². The van der Waals surface area contributed by atoms with Crippen LogP contribution in [-0.4, -0.2) is 0 Å². The highest BCUT2D eigenvalue weighted by molar-refractivity contribution is 9.10. The van der Waals surface area contributed by atoms with Crippen LogP contribution in [0, 0.1) is 0 Å². The molecule has 2 aromatic rings. The molecule has 1 aromatic carbocycles. The van der Waals surface area contributed by atoms with Gasteiger partial charge in [0.15, 0.2) is 0 Å². The standard InChI is InChI=1S/C12H6Br2ClF3S/c13-8-5-9(19-11(8)15)10(14)6-1-3-7(4-2-6)12(16,17)18/h1-5,10H. The Balaban J connectivity index is 2.27. The molecule has 0 saturated heterocycles. The van der Waals surface area contributed by atoms with Gasteiger partial charge in [0, 0.05) is 9.35 Å². The van der Waals surface area contributed by atoms with Crippen molar-refractivity contribution in [1.82, 2.24) is 0 Å². The van der Waals surface area contributed by atoms with E-state index in [1.807, 2.05) is 6.07 Å². The third kappa shape index (κ3) is 3.54. The Hall–Kier alpha value is -0.0400. The Morgan fingerprint density at radius 3 is 2.16 bits per heavy atom. The molecule has 0 N–H and O–H groups in total. The molecule has 7 heteroatoms. The van der Waals surface area contributed by atoms with Crippen molar-refractivity contribution in [2.45, 2.75) is 11.0 Å². The van der Waals surface area contributed by atoms with Crippen LogP contribution >= 0.6 is 54.8 Å². The summed E-state index contributed by atoms with van der Waals surface area (Å²) in [7, 11) is 0. The Morgan fingerprint density at radius 2 is 1.74 bits per heavy atom. The zero-order valence-corrected chi connectivity index (χ0v) is 13.9. The maximum Gasteiger partial charge on any atom is 0.416 e. The molecule has 0 fully saturated rings. The minimum absolute atomic E-state index is 0.177. The van der Waals surface area contributed by atoms with Gasteiger partial charge in [0.05, 0.1) is 10.4 Å². The predicted molar refractivity (Wildman–Crippen MR) is 79.2 cm³/mol. The first-order valence-electron chi connectivity index (χ1n) is 5.05. The Labute approximate surface area is 133 Å². The molecular formula is C12H6Br2ClF3S. The van der Waals surface area contributed by atoms with E-state index in [4.69, 9.17) is 11.6 Å². The third-order valence-corrected chi connectivity index (χ3v) is 6.31. The van der Waals surface area contributed by atoms with Crippen molar-refractivity contribution in [2.75, 3.05) is 0 Å². The lowest BCUT2D eigenvalue weighted by molar-refractivity contribution is -0.137. The quantitative estimate of drug-likeness (QED) is 0.463. The van der Waals surface area contributed by atoms with Crippen LogP contribution in [-0.2, 0) is 6.18 Å². The molecular weight excluding hydrogens is 428 g/mol. The van der Waals surface area contributed by atoms with E-state index in [-0.39, 0.29) is 4.83 Å². The first kappa shape index (κ1) is 15.4. The fraction of sp³-hybridized carbons (Fsp3) is 0.167. The maximum atomic E-state index is 12.5. The van der Waals surface area contributed by atoms with Gasteiger partial charge >= 0.3 is 6.18 Å². The molecule has 0 aliphatic heterocycles. The van der Waals surface area contributed by atoms with E-state index in [2.05, 4.69) is 31.9 Å². The zero-order chi connectivity index (χ0) is 14.2. The normalized spacial score (nSPS) is 13.6. The van der Waals surface area contributed by atoms with E-state index >= 15 is 0 Å². The Bertz CT molecular complexity index is 558. The van der Waals surface area contributed by atoms with Crippen LogP contribution in [0.25, 0.3) is 0 Å². The smallest absolute Gasteiger partial charge is 0.166 e. The van der Waals surface area contributed by atoms with Gasteiger partial charge in [-0.15, -0.1) is 11.3 Å². The van der Waals surface area contributed by atoms with Gasteiger partial charge in [-0.3, -0.25) is 0 Å². The van der Waals surface area contributed by atoms with E-state index in [0.717, 1.165) is 27.0 Å². The van der Waals surface area contributed by atoms with Crippen molar-refractivity contribution in [3.05, 3.63) is 55.1 Å². The molecule has 2 rings (SSSR count). The van der Waals surface area contributed by atoms with Crippen LogP contribution < -0.4 is 0 Å². The van der Waals surface area contributed by atoms with Crippen LogP contribution in [0.15, 0.2) is 34.8 Å². The van der Waals surface area contributed by atoms with Crippen molar-refractivity contribution in [2.24, 2.45) is 0 Å². The predicted octanol–water partition coefficient (Wildman–Crippen LogP) is 6.67. The Kier molecular flexibility index (Phi) is 4.65. The number of thiophene rings is 1. The van der Waals surface area contributed by atoms with E-state index < -0.39 is 11.7 Å². The molecule has 1 unspecified atom stereocenters. The van der Waals surface area contributed by atoms with E-state index in [0.29, 0.717) is 4.34 Å². The molecule has 0 aliphatic rings. The molecule has 0 spiro atoms. The topological polar surface area (TPSA) is 0 Å². The second-order valence-corrected chi connectivity index (χ2v) is 7.21. The van der Waals surface area contributed by atoms with Gasteiger partial charge in [-0.2, -0.15) is 13.2 Å². The minimum atomic E-state index is -4.31. The number of hydrogen-bond acceptors (Lipinski definition) is 1. The third-order valence-electron chi connectivity index (χ3n) is 2.44. The molecule has 0 amide bonds. The average molecular weight is 435 g/mol.